The number of nitrogens with one attached hydrogen (secondary N) is 2. The summed E-state index contributed by atoms with van der Waals surface area (Å²) in [7, 11) is 0. The molecule has 0 radical (unpaired) electrons. The fourth-order valence-electron chi connectivity index (χ4n) is 1.79. The van der Waals surface area contributed by atoms with Crippen molar-refractivity contribution in [1.82, 2.24) is 10.6 Å². The molecule has 19 heavy (non-hydrogen) atoms. The van der Waals surface area contributed by atoms with Gasteiger partial charge in [-0.3, -0.25) is 10.1 Å². The van der Waals surface area contributed by atoms with Crippen LogP contribution < -0.4 is 10.6 Å². The Morgan fingerprint density at radius 2 is 2.00 bits per heavy atom. The maximum absolute atomic E-state index is 13.6. The first-order chi connectivity index (χ1) is 8.95. The molecule has 1 aromatic rings. The van der Waals surface area contributed by atoms with Crippen LogP contribution in [0.3, 0.4) is 0 Å². The van der Waals surface area contributed by atoms with E-state index in [0.717, 1.165) is 24.6 Å². The summed E-state index contributed by atoms with van der Waals surface area (Å²) >= 11 is 0. The fourth-order valence-corrected chi connectivity index (χ4v) is 1.79. The van der Waals surface area contributed by atoms with Crippen LogP contribution in [0.2, 0.25) is 0 Å². The molecule has 0 saturated heterocycles. The lowest BCUT2D eigenvalue weighted by molar-refractivity contribution is -0.122. The summed E-state index contributed by atoms with van der Waals surface area (Å²) in [6, 6.07) is 2.39. The lowest BCUT2D eigenvalue weighted by atomic mass is 10.1. The van der Waals surface area contributed by atoms with Gasteiger partial charge in [-0.1, -0.05) is 6.92 Å². The number of amides is 1. The molecule has 2 atom stereocenters. The smallest absolute Gasteiger partial charge is 0.236 e. The summed E-state index contributed by atoms with van der Waals surface area (Å²) in [4.78, 5) is 11.7. The van der Waals surface area contributed by atoms with Crippen molar-refractivity contribution in [2.24, 2.45) is 0 Å². The molecule has 1 aromatic carbocycles. The zero-order chi connectivity index (χ0) is 14.4. The van der Waals surface area contributed by atoms with Gasteiger partial charge in [0.25, 0.3) is 0 Å². The van der Waals surface area contributed by atoms with E-state index in [0.29, 0.717) is 6.54 Å². The average molecular weight is 270 g/mol. The maximum Gasteiger partial charge on any atom is 0.236 e. The van der Waals surface area contributed by atoms with E-state index in [2.05, 4.69) is 10.6 Å². The van der Waals surface area contributed by atoms with Gasteiger partial charge in [-0.25, -0.2) is 8.78 Å². The van der Waals surface area contributed by atoms with Gasteiger partial charge in [0, 0.05) is 18.2 Å². The number of carbonyl (C=O) groups excluding carboxylic acids is 1. The number of hydrogen-bond donors (Lipinski definition) is 2. The molecule has 0 fully saturated rings. The predicted octanol–water partition coefficient (Wildman–Crippen LogP) is 2.53. The van der Waals surface area contributed by atoms with Gasteiger partial charge in [0.15, 0.2) is 0 Å². The van der Waals surface area contributed by atoms with Crippen molar-refractivity contribution >= 4 is 5.91 Å². The average Bonchev–Trinajstić information content (AvgIpc) is 2.38. The SMILES string of the molecule is CCCNC(=O)C(C)NC(C)c1cc(F)ccc1F. The highest BCUT2D eigenvalue weighted by Crippen LogP contribution is 2.18. The summed E-state index contributed by atoms with van der Waals surface area (Å²) in [5, 5.41) is 5.70. The summed E-state index contributed by atoms with van der Waals surface area (Å²) in [5.41, 5.74) is 0.218. The molecule has 0 aliphatic heterocycles. The number of carbonyl (C=O) groups is 1. The van der Waals surface area contributed by atoms with Crippen LogP contribution >= 0.6 is 0 Å². The molecule has 1 amide bonds. The molecule has 0 saturated carbocycles. The molecule has 1 rings (SSSR count). The minimum absolute atomic E-state index is 0.148. The minimum Gasteiger partial charge on any atom is -0.355 e. The van der Waals surface area contributed by atoms with Crippen molar-refractivity contribution in [3.8, 4) is 0 Å². The highest BCUT2D eigenvalue weighted by Gasteiger charge is 2.18. The lowest BCUT2D eigenvalue weighted by Crippen LogP contribution is -2.43. The van der Waals surface area contributed by atoms with Crippen LogP contribution in [-0.2, 0) is 4.79 Å². The van der Waals surface area contributed by atoms with Gasteiger partial charge in [0.05, 0.1) is 6.04 Å². The van der Waals surface area contributed by atoms with Crippen LogP contribution in [0, 0.1) is 11.6 Å². The normalized spacial score (nSPS) is 13.9. The minimum atomic E-state index is -0.492. The van der Waals surface area contributed by atoms with E-state index < -0.39 is 23.7 Å². The van der Waals surface area contributed by atoms with Gasteiger partial charge >= 0.3 is 0 Å². The monoisotopic (exact) mass is 270 g/mol. The van der Waals surface area contributed by atoms with E-state index in [1.165, 1.54) is 0 Å². The van der Waals surface area contributed by atoms with Crippen LogP contribution in [0.15, 0.2) is 18.2 Å². The second kappa shape index (κ2) is 7.19. The first-order valence-corrected chi connectivity index (χ1v) is 6.44. The molecule has 3 nitrogen and oxygen atoms in total. The van der Waals surface area contributed by atoms with Crippen LogP contribution in [0.1, 0.15) is 38.8 Å². The summed E-state index contributed by atoms with van der Waals surface area (Å²) in [5.74, 6) is -1.12. The molecular weight excluding hydrogens is 250 g/mol. The van der Waals surface area contributed by atoms with Crippen molar-refractivity contribution in [3.63, 3.8) is 0 Å². The molecule has 0 heterocycles. The quantitative estimate of drug-likeness (QED) is 0.834. The van der Waals surface area contributed by atoms with Crippen LogP contribution in [0.25, 0.3) is 0 Å². The molecule has 2 N–H and O–H groups in total. The highest BCUT2D eigenvalue weighted by atomic mass is 19.1. The Kier molecular flexibility index (Phi) is 5.89. The van der Waals surface area contributed by atoms with Crippen LogP contribution in [-0.4, -0.2) is 18.5 Å². The van der Waals surface area contributed by atoms with Gasteiger partial charge < -0.3 is 5.32 Å². The molecule has 0 aliphatic carbocycles. The molecule has 0 bridgehead atoms. The third-order valence-electron chi connectivity index (χ3n) is 2.87. The summed E-state index contributed by atoms with van der Waals surface area (Å²) in [6.45, 7) is 5.96. The Labute approximate surface area is 112 Å². The fraction of sp³-hybridized carbons (Fsp3) is 0.500. The second-order valence-corrected chi connectivity index (χ2v) is 4.57. The Morgan fingerprint density at radius 3 is 2.63 bits per heavy atom. The third-order valence-corrected chi connectivity index (χ3v) is 2.87. The van der Waals surface area contributed by atoms with E-state index in [1.54, 1.807) is 13.8 Å². The van der Waals surface area contributed by atoms with E-state index >= 15 is 0 Å². The van der Waals surface area contributed by atoms with Crippen LogP contribution in [0.5, 0.6) is 0 Å². The summed E-state index contributed by atoms with van der Waals surface area (Å²) < 4.78 is 26.7. The molecular formula is C14H20F2N2O. The Hall–Kier alpha value is -1.49. The zero-order valence-electron chi connectivity index (χ0n) is 11.5. The second-order valence-electron chi connectivity index (χ2n) is 4.57. The van der Waals surface area contributed by atoms with Gasteiger partial charge in [-0.05, 0) is 38.5 Å². The van der Waals surface area contributed by atoms with Crippen molar-refractivity contribution in [2.45, 2.75) is 39.3 Å². The molecule has 0 spiro atoms. The predicted molar refractivity (Wildman–Crippen MR) is 70.7 cm³/mol. The van der Waals surface area contributed by atoms with E-state index in [-0.39, 0.29) is 11.5 Å². The highest BCUT2D eigenvalue weighted by molar-refractivity contribution is 5.81. The van der Waals surface area contributed by atoms with Crippen LogP contribution in [0.4, 0.5) is 8.78 Å². The van der Waals surface area contributed by atoms with E-state index in [9.17, 15) is 13.6 Å². The van der Waals surface area contributed by atoms with Crippen molar-refractivity contribution < 1.29 is 13.6 Å². The zero-order valence-corrected chi connectivity index (χ0v) is 11.5. The first-order valence-electron chi connectivity index (χ1n) is 6.44. The molecule has 2 unspecified atom stereocenters. The topological polar surface area (TPSA) is 41.1 Å². The van der Waals surface area contributed by atoms with Crippen molar-refractivity contribution in [1.29, 1.82) is 0 Å². The van der Waals surface area contributed by atoms with Crippen molar-refractivity contribution in [2.75, 3.05) is 6.54 Å². The molecule has 0 aliphatic rings. The maximum atomic E-state index is 13.6. The number of halogens is 2. The van der Waals surface area contributed by atoms with Gasteiger partial charge in [-0.2, -0.15) is 0 Å². The molecule has 106 valence electrons. The first kappa shape index (κ1) is 15.6. The Bertz CT molecular complexity index is 437. The standard InChI is InChI=1S/C14H20F2N2O/c1-4-7-17-14(19)10(3)18-9(2)12-8-11(15)5-6-13(12)16/h5-6,8-10,18H,4,7H2,1-3H3,(H,17,19). The molecule has 0 aromatic heterocycles. The largest absolute Gasteiger partial charge is 0.355 e. The van der Waals surface area contributed by atoms with Gasteiger partial charge in [0.2, 0.25) is 5.91 Å². The third kappa shape index (κ3) is 4.59. The number of hydrogen-bond acceptors (Lipinski definition) is 2. The lowest BCUT2D eigenvalue weighted by Gasteiger charge is -2.20. The van der Waals surface area contributed by atoms with Gasteiger partial charge in [-0.15, -0.1) is 0 Å². The van der Waals surface area contributed by atoms with E-state index in [1.807, 2.05) is 6.92 Å². The summed E-state index contributed by atoms with van der Waals surface area (Å²) in [6.07, 6.45) is 0.854. The number of rotatable bonds is 6. The Balaban J connectivity index is 2.65. The van der Waals surface area contributed by atoms with Crippen molar-refractivity contribution in [3.05, 3.63) is 35.4 Å². The van der Waals surface area contributed by atoms with Gasteiger partial charge in [0.1, 0.15) is 11.6 Å². The molecule has 5 heteroatoms. The Morgan fingerprint density at radius 1 is 1.32 bits per heavy atom. The number of benzene rings is 1. The van der Waals surface area contributed by atoms with E-state index in [4.69, 9.17) is 0 Å².